The summed E-state index contributed by atoms with van der Waals surface area (Å²) in [6, 6.07) is 8.72. The van der Waals surface area contributed by atoms with Crippen LogP contribution in [0.2, 0.25) is 0 Å². The fraction of sp³-hybridized carbons (Fsp3) is 0.500. The second-order valence-electron chi connectivity index (χ2n) is 4.78. The van der Waals surface area contributed by atoms with Crippen LogP contribution in [0.25, 0.3) is 0 Å². The number of hydrogen-bond donors (Lipinski definition) is 2. The van der Waals surface area contributed by atoms with Gasteiger partial charge in [-0.25, -0.2) is 0 Å². The molecule has 0 amide bonds. The fourth-order valence-electron chi connectivity index (χ4n) is 2.40. The summed E-state index contributed by atoms with van der Waals surface area (Å²) in [6.07, 6.45) is 4.09. The van der Waals surface area contributed by atoms with Crippen LogP contribution >= 0.6 is 0 Å². The Balaban J connectivity index is 1.76. The number of amidine groups is 1. The summed E-state index contributed by atoms with van der Waals surface area (Å²) in [5.41, 5.74) is 8.33. The molecule has 0 aromatic heterocycles. The molecule has 0 radical (unpaired) electrons. The molecule has 3 N–H and O–H groups in total. The number of nitrogens with two attached hydrogens (primary N) is 1. The maximum absolute atomic E-state index is 7.18. The van der Waals surface area contributed by atoms with E-state index in [2.05, 4.69) is 29.2 Å². The van der Waals surface area contributed by atoms with E-state index in [1.54, 1.807) is 0 Å². The van der Waals surface area contributed by atoms with Crippen molar-refractivity contribution in [2.24, 2.45) is 5.73 Å². The molecule has 0 saturated heterocycles. The van der Waals surface area contributed by atoms with Gasteiger partial charge >= 0.3 is 0 Å². The van der Waals surface area contributed by atoms with Crippen LogP contribution < -0.4 is 5.73 Å². The molecule has 1 aliphatic heterocycles. The van der Waals surface area contributed by atoms with Crippen molar-refractivity contribution in [3.8, 4) is 0 Å². The number of hydrogen-bond acceptors (Lipinski definition) is 2. The molecule has 0 atom stereocenters. The first-order chi connectivity index (χ1) is 8.25. The number of nitrogens with zero attached hydrogens (tertiary/aromatic N) is 1. The highest BCUT2D eigenvalue weighted by Crippen LogP contribution is 2.18. The SMILES string of the molecule is N=C(N)CCCCN1CCc2ccccc2C1. The Hall–Kier alpha value is -1.35. The zero-order valence-electron chi connectivity index (χ0n) is 10.3. The topological polar surface area (TPSA) is 53.1 Å². The molecule has 1 aromatic carbocycles. The molecule has 3 heteroatoms. The second-order valence-corrected chi connectivity index (χ2v) is 4.78. The normalized spacial score (nSPS) is 15.5. The van der Waals surface area contributed by atoms with Crippen molar-refractivity contribution in [2.75, 3.05) is 13.1 Å². The molecule has 1 heterocycles. The number of unbranched alkanes of at least 4 members (excludes halogenated alkanes) is 1. The third-order valence-electron chi connectivity index (χ3n) is 3.38. The molecule has 1 aromatic rings. The first-order valence-corrected chi connectivity index (χ1v) is 6.38. The molecule has 0 aliphatic carbocycles. The van der Waals surface area contributed by atoms with Crippen LogP contribution in [0.1, 0.15) is 30.4 Å². The summed E-state index contributed by atoms with van der Waals surface area (Å²) in [4.78, 5) is 2.50. The highest BCUT2D eigenvalue weighted by atomic mass is 15.1. The van der Waals surface area contributed by atoms with E-state index >= 15 is 0 Å². The molecule has 3 nitrogen and oxygen atoms in total. The van der Waals surface area contributed by atoms with Gasteiger partial charge in [0.05, 0.1) is 5.84 Å². The van der Waals surface area contributed by atoms with E-state index in [1.807, 2.05) is 0 Å². The summed E-state index contributed by atoms with van der Waals surface area (Å²) >= 11 is 0. The predicted molar refractivity (Wildman–Crippen MR) is 71.2 cm³/mol. The molecule has 0 spiro atoms. The number of benzene rings is 1. The molecule has 0 unspecified atom stereocenters. The standard InChI is InChI=1S/C14H21N3/c15-14(16)7-3-4-9-17-10-8-12-5-1-2-6-13(12)11-17/h1-2,5-6H,3-4,7-11H2,(H3,15,16). The predicted octanol–water partition coefficient (Wildman–Crippen LogP) is 2.15. The lowest BCUT2D eigenvalue weighted by atomic mass is 10.00. The van der Waals surface area contributed by atoms with E-state index < -0.39 is 0 Å². The summed E-state index contributed by atoms with van der Waals surface area (Å²) in [7, 11) is 0. The number of nitrogens with one attached hydrogen (secondary N) is 1. The minimum Gasteiger partial charge on any atom is -0.388 e. The van der Waals surface area contributed by atoms with Gasteiger partial charge in [-0.05, 0) is 36.9 Å². The van der Waals surface area contributed by atoms with Gasteiger partial charge in [0.15, 0.2) is 0 Å². The molecule has 17 heavy (non-hydrogen) atoms. The van der Waals surface area contributed by atoms with Crippen molar-refractivity contribution in [1.82, 2.24) is 4.90 Å². The van der Waals surface area contributed by atoms with Gasteiger partial charge in [0, 0.05) is 19.5 Å². The first kappa shape index (κ1) is 12.1. The monoisotopic (exact) mass is 231 g/mol. The lowest BCUT2D eigenvalue weighted by Gasteiger charge is -2.28. The fourth-order valence-corrected chi connectivity index (χ4v) is 2.40. The van der Waals surface area contributed by atoms with Crippen LogP contribution in [-0.2, 0) is 13.0 Å². The van der Waals surface area contributed by atoms with Crippen LogP contribution in [0.4, 0.5) is 0 Å². The summed E-state index contributed by atoms with van der Waals surface area (Å²) in [6.45, 7) is 3.37. The van der Waals surface area contributed by atoms with Crippen molar-refractivity contribution in [3.63, 3.8) is 0 Å². The quantitative estimate of drug-likeness (QED) is 0.463. The molecular weight excluding hydrogens is 210 g/mol. The molecule has 0 saturated carbocycles. The Bertz CT molecular complexity index is 387. The van der Waals surface area contributed by atoms with E-state index in [0.717, 1.165) is 38.9 Å². The van der Waals surface area contributed by atoms with Crippen LogP contribution in [0.3, 0.4) is 0 Å². The van der Waals surface area contributed by atoms with Gasteiger partial charge in [0.25, 0.3) is 0 Å². The Morgan fingerprint density at radius 3 is 2.76 bits per heavy atom. The third-order valence-corrected chi connectivity index (χ3v) is 3.38. The largest absolute Gasteiger partial charge is 0.388 e. The molecule has 0 fully saturated rings. The van der Waals surface area contributed by atoms with Gasteiger partial charge in [0.2, 0.25) is 0 Å². The highest BCUT2D eigenvalue weighted by molar-refractivity contribution is 5.76. The molecular formula is C14H21N3. The minimum absolute atomic E-state index is 0.314. The van der Waals surface area contributed by atoms with Crippen molar-refractivity contribution in [2.45, 2.75) is 32.2 Å². The summed E-state index contributed by atoms with van der Waals surface area (Å²) < 4.78 is 0. The van der Waals surface area contributed by atoms with Crippen LogP contribution in [0.5, 0.6) is 0 Å². The maximum atomic E-state index is 7.18. The Morgan fingerprint density at radius 1 is 1.24 bits per heavy atom. The zero-order chi connectivity index (χ0) is 12.1. The van der Waals surface area contributed by atoms with Crippen molar-refractivity contribution >= 4 is 5.84 Å². The third kappa shape index (κ3) is 3.56. The van der Waals surface area contributed by atoms with Crippen LogP contribution in [0.15, 0.2) is 24.3 Å². The zero-order valence-corrected chi connectivity index (χ0v) is 10.3. The van der Waals surface area contributed by atoms with Gasteiger partial charge < -0.3 is 5.73 Å². The average Bonchev–Trinajstić information content (AvgIpc) is 2.34. The van der Waals surface area contributed by atoms with Gasteiger partial charge in [0.1, 0.15) is 0 Å². The van der Waals surface area contributed by atoms with Crippen LogP contribution in [-0.4, -0.2) is 23.8 Å². The molecule has 2 rings (SSSR count). The highest BCUT2D eigenvalue weighted by Gasteiger charge is 2.14. The van der Waals surface area contributed by atoms with Gasteiger partial charge in [-0.15, -0.1) is 0 Å². The summed E-state index contributed by atoms with van der Waals surface area (Å²) in [5.74, 6) is 0.314. The van der Waals surface area contributed by atoms with Crippen LogP contribution in [0, 0.1) is 5.41 Å². The van der Waals surface area contributed by atoms with Gasteiger partial charge in [-0.1, -0.05) is 24.3 Å². The lowest BCUT2D eigenvalue weighted by molar-refractivity contribution is 0.249. The second kappa shape index (κ2) is 5.82. The Labute approximate surface area is 103 Å². The first-order valence-electron chi connectivity index (χ1n) is 6.38. The number of fused-ring (bicyclic) bond motifs is 1. The molecule has 0 bridgehead atoms. The van der Waals surface area contributed by atoms with Crippen molar-refractivity contribution in [3.05, 3.63) is 35.4 Å². The smallest absolute Gasteiger partial charge is 0.0905 e. The number of rotatable bonds is 5. The van der Waals surface area contributed by atoms with Gasteiger partial charge in [-0.3, -0.25) is 10.3 Å². The van der Waals surface area contributed by atoms with E-state index in [0.29, 0.717) is 5.84 Å². The maximum Gasteiger partial charge on any atom is 0.0905 e. The van der Waals surface area contributed by atoms with E-state index in [9.17, 15) is 0 Å². The lowest BCUT2D eigenvalue weighted by Crippen LogP contribution is -2.31. The van der Waals surface area contributed by atoms with E-state index in [4.69, 9.17) is 11.1 Å². The van der Waals surface area contributed by atoms with E-state index in [1.165, 1.54) is 17.5 Å². The minimum atomic E-state index is 0.314. The molecule has 92 valence electrons. The van der Waals surface area contributed by atoms with Gasteiger partial charge in [-0.2, -0.15) is 0 Å². The average molecular weight is 231 g/mol. The Kier molecular flexibility index (Phi) is 4.15. The van der Waals surface area contributed by atoms with Crippen molar-refractivity contribution in [1.29, 1.82) is 5.41 Å². The molecule has 1 aliphatic rings. The summed E-state index contributed by atoms with van der Waals surface area (Å²) in [5, 5.41) is 7.18. The van der Waals surface area contributed by atoms with E-state index in [-0.39, 0.29) is 0 Å². The Morgan fingerprint density at radius 2 is 2.00 bits per heavy atom. The van der Waals surface area contributed by atoms with Crippen molar-refractivity contribution < 1.29 is 0 Å².